The second-order valence-electron chi connectivity index (χ2n) is 7.78. The van der Waals surface area contributed by atoms with Gasteiger partial charge in [-0.1, -0.05) is 24.1 Å². The van der Waals surface area contributed by atoms with Crippen LogP contribution in [0.3, 0.4) is 0 Å². The van der Waals surface area contributed by atoms with Crippen LogP contribution in [-0.4, -0.2) is 39.0 Å². The maximum absolute atomic E-state index is 13.7. The normalized spacial score (nSPS) is 14.7. The van der Waals surface area contributed by atoms with Crippen LogP contribution in [0.2, 0.25) is 0 Å². The number of nitrogens with one attached hydrogen (secondary N) is 1. The highest BCUT2D eigenvalue weighted by Crippen LogP contribution is 2.32. The first-order valence-electron chi connectivity index (χ1n) is 10.6. The van der Waals surface area contributed by atoms with E-state index in [0.29, 0.717) is 10.2 Å². The van der Waals surface area contributed by atoms with E-state index in [4.69, 9.17) is 0 Å². The van der Waals surface area contributed by atoms with Crippen molar-refractivity contribution in [2.75, 3.05) is 18.0 Å². The third kappa shape index (κ3) is 5.29. The van der Waals surface area contributed by atoms with Crippen molar-refractivity contribution >= 4 is 11.7 Å². The Morgan fingerprint density at radius 3 is 2.30 bits per heavy atom. The Morgan fingerprint density at radius 2 is 1.70 bits per heavy atom. The van der Waals surface area contributed by atoms with Gasteiger partial charge in [-0.25, -0.2) is 14.1 Å². The summed E-state index contributed by atoms with van der Waals surface area (Å²) >= 11 is 0. The molecule has 0 radical (unpaired) electrons. The zero-order chi connectivity index (χ0) is 23.4. The van der Waals surface area contributed by atoms with E-state index in [-0.39, 0.29) is 12.2 Å². The predicted octanol–water partition coefficient (Wildman–Crippen LogP) is 4.13. The number of anilines is 1. The number of pyridine rings is 1. The predicted molar refractivity (Wildman–Crippen MR) is 112 cm³/mol. The molecule has 3 heterocycles. The van der Waals surface area contributed by atoms with E-state index in [1.165, 1.54) is 12.8 Å². The number of hydrogen-bond acceptors (Lipinski definition) is 5. The smallest absolute Gasteiger partial charge is 0.357 e. The summed E-state index contributed by atoms with van der Waals surface area (Å²) in [6, 6.07) is 7.88. The van der Waals surface area contributed by atoms with Gasteiger partial charge in [-0.15, -0.1) is 5.10 Å². The molecule has 33 heavy (non-hydrogen) atoms. The molecule has 0 saturated carbocycles. The summed E-state index contributed by atoms with van der Waals surface area (Å²) in [6.07, 6.45) is 1.32. The number of aromatic nitrogens is 4. The number of benzene rings is 1. The van der Waals surface area contributed by atoms with Crippen LogP contribution in [0, 0.1) is 5.82 Å². The number of rotatable bonds is 5. The molecule has 1 aliphatic heterocycles. The molecule has 3 aromatic rings. The molecule has 0 unspecified atom stereocenters. The number of alkyl halides is 3. The minimum Gasteiger partial charge on any atom is -0.357 e. The van der Waals surface area contributed by atoms with Gasteiger partial charge in [-0.05, 0) is 48.7 Å². The lowest BCUT2D eigenvalue weighted by atomic mass is 10.2. The molecule has 0 bridgehead atoms. The highest BCUT2D eigenvalue weighted by Gasteiger charge is 2.42. The third-order valence-corrected chi connectivity index (χ3v) is 5.42. The van der Waals surface area contributed by atoms with E-state index in [1.54, 1.807) is 12.3 Å². The Labute approximate surface area is 187 Å². The molecular weight excluding hydrogens is 440 g/mol. The summed E-state index contributed by atoms with van der Waals surface area (Å²) < 4.78 is 54.8. The second-order valence-corrected chi connectivity index (χ2v) is 7.78. The molecule has 1 aliphatic rings. The lowest BCUT2D eigenvalue weighted by Crippen LogP contribution is -2.27. The van der Waals surface area contributed by atoms with Gasteiger partial charge in [0.15, 0.2) is 11.4 Å². The fraction of sp³-hybridized carbons (Fsp3) is 0.364. The van der Waals surface area contributed by atoms with Crippen molar-refractivity contribution in [2.45, 2.75) is 38.4 Å². The van der Waals surface area contributed by atoms with Gasteiger partial charge in [0.1, 0.15) is 11.6 Å². The molecule has 11 heteroatoms. The molecule has 1 aromatic carbocycles. The van der Waals surface area contributed by atoms with Crippen LogP contribution >= 0.6 is 0 Å². The van der Waals surface area contributed by atoms with Crippen LogP contribution in [0.4, 0.5) is 23.4 Å². The van der Waals surface area contributed by atoms with E-state index in [0.717, 1.165) is 56.0 Å². The van der Waals surface area contributed by atoms with Crippen LogP contribution < -0.4 is 10.2 Å². The van der Waals surface area contributed by atoms with E-state index >= 15 is 0 Å². The van der Waals surface area contributed by atoms with E-state index in [1.807, 2.05) is 6.07 Å². The van der Waals surface area contributed by atoms with Gasteiger partial charge in [-0.3, -0.25) is 4.79 Å². The largest absolute Gasteiger partial charge is 0.435 e. The standard InChI is InChI=1S/C22H22F4N6O/c23-16-6-8-17(9-7-16)32-20(22(24,25)26)19(29-30-32)21(33)28-14-15-5-10-18(27-13-15)31-11-3-1-2-4-12-31/h5-10,13H,1-4,11-12,14H2,(H,28,33). The molecule has 0 spiro atoms. The van der Waals surface area contributed by atoms with Crippen LogP contribution in [0.1, 0.15) is 47.4 Å². The van der Waals surface area contributed by atoms with Crippen LogP contribution in [-0.2, 0) is 12.7 Å². The monoisotopic (exact) mass is 462 g/mol. The number of hydrogen-bond donors (Lipinski definition) is 1. The van der Waals surface area contributed by atoms with Gasteiger partial charge >= 0.3 is 6.18 Å². The second kappa shape index (κ2) is 9.55. The van der Waals surface area contributed by atoms with E-state index in [2.05, 4.69) is 25.5 Å². The maximum Gasteiger partial charge on any atom is 0.435 e. The summed E-state index contributed by atoms with van der Waals surface area (Å²) in [4.78, 5) is 19.2. The molecule has 1 N–H and O–H groups in total. The first-order valence-corrected chi connectivity index (χ1v) is 10.6. The molecule has 1 fully saturated rings. The number of halogens is 4. The van der Waals surface area contributed by atoms with E-state index in [9.17, 15) is 22.4 Å². The molecule has 174 valence electrons. The summed E-state index contributed by atoms with van der Waals surface area (Å²) in [5, 5.41) is 9.36. The van der Waals surface area contributed by atoms with Crippen molar-refractivity contribution in [1.29, 1.82) is 0 Å². The van der Waals surface area contributed by atoms with Crippen LogP contribution in [0.5, 0.6) is 0 Å². The van der Waals surface area contributed by atoms with Gasteiger partial charge in [-0.2, -0.15) is 13.2 Å². The molecule has 1 amide bonds. The molecular formula is C22H22F4N6O. The van der Waals surface area contributed by atoms with Gasteiger partial charge in [0, 0.05) is 25.8 Å². The minimum absolute atomic E-state index is 0.0210. The molecule has 0 aliphatic carbocycles. The summed E-state index contributed by atoms with van der Waals surface area (Å²) in [5.74, 6) is -0.790. The summed E-state index contributed by atoms with van der Waals surface area (Å²) in [5.41, 5.74) is -1.62. The quantitative estimate of drug-likeness (QED) is 0.577. The number of nitrogens with zero attached hydrogens (tertiary/aromatic N) is 5. The fourth-order valence-corrected chi connectivity index (χ4v) is 3.73. The van der Waals surface area contributed by atoms with Crippen molar-refractivity contribution < 1.29 is 22.4 Å². The maximum atomic E-state index is 13.7. The number of carbonyl (C=O) groups excluding carboxylic acids is 1. The van der Waals surface area contributed by atoms with Gasteiger partial charge in [0.05, 0.1) is 5.69 Å². The lowest BCUT2D eigenvalue weighted by molar-refractivity contribution is -0.143. The fourth-order valence-electron chi connectivity index (χ4n) is 3.73. The minimum atomic E-state index is -4.90. The van der Waals surface area contributed by atoms with Gasteiger partial charge in [0.2, 0.25) is 0 Å². The molecule has 2 aromatic heterocycles. The summed E-state index contributed by atoms with van der Waals surface area (Å²) in [7, 11) is 0. The highest BCUT2D eigenvalue weighted by atomic mass is 19.4. The molecule has 4 rings (SSSR count). The molecule has 1 saturated heterocycles. The first-order chi connectivity index (χ1) is 15.8. The number of carbonyl (C=O) groups is 1. The van der Waals surface area contributed by atoms with Crippen LogP contribution in [0.25, 0.3) is 5.69 Å². The first kappa shape index (κ1) is 22.7. The van der Waals surface area contributed by atoms with Gasteiger partial charge < -0.3 is 10.2 Å². The van der Waals surface area contributed by atoms with Crippen LogP contribution in [0.15, 0.2) is 42.6 Å². The Hall–Kier alpha value is -3.50. The van der Waals surface area contributed by atoms with Crippen molar-refractivity contribution in [1.82, 2.24) is 25.3 Å². The third-order valence-electron chi connectivity index (χ3n) is 5.42. The van der Waals surface area contributed by atoms with Crippen molar-refractivity contribution in [3.8, 4) is 5.69 Å². The van der Waals surface area contributed by atoms with Crippen molar-refractivity contribution in [2.24, 2.45) is 0 Å². The Bertz CT molecular complexity index is 1090. The zero-order valence-electron chi connectivity index (χ0n) is 17.6. The summed E-state index contributed by atoms with van der Waals surface area (Å²) in [6.45, 7) is 1.85. The number of amides is 1. The highest BCUT2D eigenvalue weighted by molar-refractivity contribution is 5.93. The lowest BCUT2D eigenvalue weighted by Gasteiger charge is -2.21. The van der Waals surface area contributed by atoms with Crippen molar-refractivity contribution in [3.05, 3.63) is 65.4 Å². The zero-order valence-corrected chi connectivity index (χ0v) is 17.6. The average Bonchev–Trinajstić information content (AvgIpc) is 3.08. The van der Waals surface area contributed by atoms with Gasteiger partial charge in [0.25, 0.3) is 5.91 Å². The van der Waals surface area contributed by atoms with E-state index < -0.39 is 29.3 Å². The topological polar surface area (TPSA) is 75.9 Å². The molecule has 7 nitrogen and oxygen atoms in total. The average molecular weight is 462 g/mol. The SMILES string of the molecule is O=C(NCc1ccc(N2CCCCCC2)nc1)c1nnn(-c2ccc(F)cc2)c1C(F)(F)F. The Morgan fingerprint density at radius 1 is 1.00 bits per heavy atom. The Kier molecular flexibility index (Phi) is 6.57. The van der Waals surface area contributed by atoms with Crippen molar-refractivity contribution in [3.63, 3.8) is 0 Å². The Balaban J connectivity index is 1.48. The molecule has 0 atom stereocenters.